The number of rotatable bonds is 43. The van der Waals surface area contributed by atoms with Crippen molar-refractivity contribution in [2.75, 3.05) is 47.5 Å². The Bertz CT molecular complexity index is 1230. The molecule has 0 saturated carbocycles. The number of unbranched alkanes of at least 4 members (excludes halogenated alkanes) is 16. The Kier molecular flexibility index (Phi) is 41.1. The van der Waals surface area contributed by atoms with Crippen molar-refractivity contribution < 1.29 is 42.9 Å². The van der Waals surface area contributed by atoms with E-state index >= 15 is 0 Å². The quantitative estimate of drug-likeness (QED) is 0.0212. The summed E-state index contributed by atoms with van der Waals surface area (Å²) in [6, 6.07) is 0. The maximum absolute atomic E-state index is 12.8. The molecule has 0 aromatic rings. The van der Waals surface area contributed by atoms with Crippen LogP contribution in [0.2, 0.25) is 0 Å². The van der Waals surface area contributed by atoms with E-state index < -0.39 is 24.3 Å². The zero-order valence-electron chi connectivity index (χ0n) is 39.5. The highest BCUT2D eigenvalue weighted by molar-refractivity contribution is 5.71. The molecule has 9 nitrogen and oxygen atoms in total. The number of hydrogen-bond donors (Lipinski definition) is 1. The van der Waals surface area contributed by atoms with Gasteiger partial charge in [-0.15, -0.1) is 0 Å². The van der Waals surface area contributed by atoms with Crippen molar-refractivity contribution in [2.45, 2.75) is 193 Å². The van der Waals surface area contributed by atoms with E-state index in [2.05, 4.69) is 86.8 Å². The van der Waals surface area contributed by atoms with Crippen LogP contribution < -0.4 is 0 Å². The minimum atomic E-state index is -1.52. The molecule has 61 heavy (non-hydrogen) atoms. The number of carboxylic acids is 1. The lowest BCUT2D eigenvalue weighted by molar-refractivity contribution is -0.870. The van der Waals surface area contributed by atoms with E-state index in [1.807, 2.05) is 21.1 Å². The van der Waals surface area contributed by atoms with Crippen molar-refractivity contribution >= 4 is 17.9 Å². The maximum atomic E-state index is 12.8. The maximum Gasteiger partial charge on any atom is 0.361 e. The molecule has 0 aromatic heterocycles. The van der Waals surface area contributed by atoms with Gasteiger partial charge in [-0.25, -0.2) is 4.79 Å². The Balaban J connectivity index is 4.44. The molecule has 350 valence electrons. The van der Waals surface area contributed by atoms with Crippen LogP contribution in [0.4, 0.5) is 0 Å². The monoisotopic (exact) mass is 857 g/mol. The van der Waals surface area contributed by atoms with Gasteiger partial charge in [0.15, 0.2) is 6.10 Å². The van der Waals surface area contributed by atoms with Gasteiger partial charge in [-0.3, -0.25) is 9.59 Å². The number of carbonyl (C=O) groups is 3. The molecule has 1 N–H and O–H groups in total. The smallest absolute Gasteiger partial charge is 0.361 e. The highest BCUT2D eigenvalue weighted by atomic mass is 16.7. The number of hydrogen-bond acceptors (Lipinski definition) is 7. The molecule has 0 fully saturated rings. The average molecular weight is 857 g/mol. The number of aliphatic carboxylic acids is 1. The fourth-order valence-electron chi connectivity index (χ4n) is 6.25. The van der Waals surface area contributed by atoms with Crippen LogP contribution in [0, 0.1) is 0 Å². The second-order valence-electron chi connectivity index (χ2n) is 17.0. The number of carboxylic acid groups (broad SMARTS) is 1. The van der Waals surface area contributed by atoms with Crippen molar-refractivity contribution in [2.24, 2.45) is 0 Å². The highest BCUT2D eigenvalue weighted by Gasteiger charge is 2.25. The molecule has 0 aromatic carbocycles. The predicted molar refractivity (Wildman–Crippen MR) is 253 cm³/mol. The minimum Gasteiger partial charge on any atom is -0.477 e. The van der Waals surface area contributed by atoms with E-state index in [1.165, 1.54) is 64.2 Å². The molecular formula is C52H90NO8+. The molecule has 9 heteroatoms. The van der Waals surface area contributed by atoms with Gasteiger partial charge in [-0.05, 0) is 64.2 Å². The van der Waals surface area contributed by atoms with Gasteiger partial charge in [0.05, 0.1) is 34.4 Å². The Morgan fingerprint density at radius 2 is 0.934 bits per heavy atom. The summed E-state index contributed by atoms with van der Waals surface area (Å²) in [7, 11) is 5.94. The number of allylic oxidation sites excluding steroid dienone is 12. The van der Waals surface area contributed by atoms with E-state index in [0.29, 0.717) is 23.9 Å². The standard InChI is InChI=1S/C52H89NO8/c1-6-8-10-12-14-16-18-20-21-22-23-24-25-26-27-28-29-31-33-35-37-39-41-43-50(55)61-48(47-60-52(51(56)57)58-45-44-53(3,4)5)46-59-49(54)42-40-38-36-34-32-30-19-17-15-13-11-9-7-2/h8,10,14,16,20-21,23-24,26-27,29,31,48,52H,6-7,9,11-13,15,17-19,22,25,28,30,32-47H2,1-5H3/p+1/b10-8-,16-14-,21-20-,24-23-,27-26-,31-29-. The van der Waals surface area contributed by atoms with Crippen molar-refractivity contribution in [1.29, 1.82) is 0 Å². The van der Waals surface area contributed by atoms with Gasteiger partial charge < -0.3 is 28.5 Å². The highest BCUT2D eigenvalue weighted by Crippen LogP contribution is 2.14. The number of nitrogens with zero attached hydrogens (tertiary/aromatic N) is 1. The molecule has 0 aliphatic rings. The van der Waals surface area contributed by atoms with Gasteiger partial charge >= 0.3 is 17.9 Å². The number of ether oxygens (including phenoxy) is 4. The number of likely N-dealkylation sites (N-methyl/N-ethyl adjacent to an activating group) is 1. The number of quaternary nitrogens is 1. The molecule has 0 spiro atoms. The number of esters is 2. The van der Waals surface area contributed by atoms with E-state index in [-0.39, 0.29) is 32.2 Å². The molecule has 0 radical (unpaired) electrons. The van der Waals surface area contributed by atoms with Crippen LogP contribution in [-0.4, -0.2) is 87.4 Å². The summed E-state index contributed by atoms with van der Waals surface area (Å²) >= 11 is 0. The molecule has 0 aliphatic heterocycles. The summed E-state index contributed by atoms with van der Waals surface area (Å²) in [6.07, 6.45) is 51.0. The zero-order valence-corrected chi connectivity index (χ0v) is 39.5. The van der Waals surface area contributed by atoms with Crippen LogP contribution in [0.25, 0.3) is 0 Å². The van der Waals surface area contributed by atoms with Crippen LogP contribution in [0.3, 0.4) is 0 Å². The van der Waals surface area contributed by atoms with E-state index in [0.717, 1.165) is 83.5 Å². The fraction of sp³-hybridized carbons (Fsp3) is 0.712. The largest absolute Gasteiger partial charge is 0.477 e. The van der Waals surface area contributed by atoms with Crippen molar-refractivity contribution in [3.05, 3.63) is 72.9 Å². The van der Waals surface area contributed by atoms with Crippen LogP contribution >= 0.6 is 0 Å². The average Bonchev–Trinajstić information content (AvgIpc) is 3.22. The van der Waals surface area contributed by atoms with Gasteiger partial charge in [0.1, 0.15) is 13.2 Å². The van der Waals surface area contributed by atoms with E-state index in [9.17, 15) is 19.5 Å². The first-order valence-corrected chi connectivity index (χ1v) is 24.1. The van der Waals surface area contributed by atoms with Gasteiger partial charge in [0.2, 0.25) is 0 Å². The van der Waals surface area contributed by atoms with Gasteiger partial charge in [-0.1, -0.05) is 177 Å². The molecule has 2 unspecified atom stereocenters. The van der Waals surface area contributed by atoms with Crippen molar-refractivity contribution in [1.82, 2.24) is 0 Å². The van der Waals surface area contributed by atoms with Crippen molar-refractivity contribution in [3.63, 3.8) is 0 Å². The third-order valence-electron chi connectivity index (χ3n) is 9.98. The second kappa shape index (κ2) is 43.4. The first kappa shape index (κ1) is 57.7. The first-order chi connectivity index (χ1) is 29.6. The summed E-state index contributed by atoms with van der Waals surface area (Å²) in [6.45, 7) is 4.71. The molecule has 0 amide bonds. The first-order valence-electron chi connectivity index (χ1n) is 24.1. The van der Waals surface area contributed by atoms with Gasteiger partial charge in [-0.2, -0.15) is 0 Å². The van der Waals surface area contributed by atoms with Crippen LogP contribution in [0.5, 0.6) is 0 Å². The summed E-state index contributed by atoms with van der Waals surface area (Å²) < 4.78 is 22.7. The summed E-state index contributed by atoms with van der Waals surface area (Å²) in [5.41, 5.74) is 0. The second-order valence-corrected chi connectivity index (χ2v) is 17.0. The van der Waals surface area contributed by atoms with Gasteiger partial charge in [0.25, 0.3) is 6.29 Å². The molecule has 0 saturated heterocycles. The van der Waals surface area contributed by atoms with Crippen LogP contribution in [-0.2, 0) is 33.3 Å². The van der Waals surface area contributed by atoms with E-state index in [1.54, 1.807) is 0 Å². The Morgan fingerprint density at radius 1 is 0.508 bits per heavy atom. The Hall–Kier alpha value is -3.27. The molecule has 0 bridgehead atoms. The topological polar surface area (TPSA) is 108 Å². The SMILES string of the molecule is CC/C=C\C/C=C\C/C=C\C/C=C\C/C=C\C/C=C\CCCCCCC(=O)OC(COC(=O)CCCCCCCCCCCCCCC)COC(OCC[N+](C)(C)C)C(=O)O. The lowest BCUT2D eigenvalue weighted by atomic mass is 10.0. The predicted octanol–water partition coefficient (Wildman–Crippen LogP) is 13.1. The Labute approximate surface area is 373 Å². The fourth-order valence-corrected chi connectivity index (χ4v) is 6.25. The van der Waals surface area contributed by atoms with Crippen LogP contribution in [0.15, 0.2) is 72.9 Å². The lowest BCUT2D eigenvalue weighted by Crippen LogP contribution is -2.40. The molecule has 0 aliphatic carbocycles. The summed E-state index contributed by atoms with van der Waals surface area (Å²) in [5, 5.41) is 9.65. The van der Waals surface area contributed by atoms with Gasteiger partial charge in [0, 0.05) is 12.8 Å². The number of carbonyl (C=O) groups excluding carboxylic acids is 2. The minimum absolute atomic E-state index is 0.180. The van der Waals surface area contributed by atoms with E-state index in [4.69, 9.17) is 18.9 Å². The Morgan fingerprint density at radius 3 is 1.39 bits per heavy atom. The molecule has 0 heterocycles. The van der Waals surface area contributed by atoms with Crippen molar-refractivity contribution in [3.8, 4) is 0 Å². The third-order valence-corrected chi connectivity index (χ3v) is 9.98. The lowest BCUT2D eigenvalue weighted by Gasteiger charge is -2.25. The normalized spacial score (nSPS) is 13.5. The van der Waals surface area contributed by atoms with Crippen LogP contribution in [0.1, 0.15) is 181 Å². The molecular weight excluding hydrogens is 767 g/mol. The zero-order chi connectivity index (χ0) is 44.9. The molecule has 0 rings (SSSR count). The summed E-state index contributed by atoms with van der Waals surface area (Å²) in [5.74, 6) is -2.05. The molecule has 2 atom stereocenters. The third kappa shape index (κ3) is 44.6. The summed E-state index contributed by atoms with van der Waals surface area (Å²) in [4.78, 5) is 37.2.